The van der Waals surface area contributed by atoms with Crippen LogP contribution in [-0.2, 0) is 0 Å². The molecular formula is C24H24Cl2N8O. The van der Waals surface area contributed by atoms with Gasteiger partial charge < -0.3 is 14.8 Å². The largest absolute Gasteiger partial charge is 0.355 e. The van der Waals surface area contributed by atoms with Gasteiger partial charge in [0.1, 0.15) is 11.3 Å². The topological polar surface area (TPSA) is 86.2 Å². The molecule has 1 N–H and O–H groups in total. The van der Waals surface area contributed by atoms with E-state index < -0.39 is 0 Å². The van der Waals surface area contributed by atoms with Crippen molar-refractivity contribution >= 4 is 51.5 Å². The number of para-hydroxylation sites is 1. The first kappa shape index (κ1) is 22.3. The van der Waals surface area contributed by atoms with Crippen LogP contribution < -0.4 is 9.80 Å². The van der Waals surface area contributed by atoms with Gasteiger partial charge in [0.25, 0.3) is 5.91 Å². The number of likely N-dealkylation sites (tertiary alicyclic amines) is 1. The number of rotatable bonds is 3. The normalized spacial score (nSPS) is 17.4. The SMILES string of the molecule is CN1CCC(n2ncc(-c3cc4c5c(cnc4[nH]3)C(=O)N(c3c(Cl)cccc3Cl)CN5C)n2)CC1. The molecular weight excluding hydrogens is 487 g/mol. The lowest BCUT2D eigenvalue weighted by Crippen LogP contribution is -2.45. The quantitative estimate of drug-likeness (QED) is 0.438. The molecule has 1 saturated heterocycles. The van der Waals surface area contributed by atoms with E-state index in [1.807, 2.05) is 22.8 Å². The first-order valence-electron chi connectivity index (χ1n) is 11.5. The predicted octanol–water partition coefficient (Wildman–Crippen LogP) is 4.45. The number of fused-ring (bicyclic) bond motifs is 3. The van der Waals surface area contributed by atoms with Crippen LogP contribution in [0.4, 0.5) is 11.4 Å². The number of piperidine rings is 1. The Labute approximate surface area is 212 Å². The summed E-state index contributed by atoms with van der Waals surface area (Å²) in [7, 11) is 4.08. The first-order valence-corrected chi connectivity index (χ1v) is 12.3. The van der Waals surface area contributed by atoms with Crippen LogP contribution in [-0.4, -0.2) is 69.6 Å². The summed E-state index contributed by atoms with van der Waals surface area (Å²) in [6, 6.07) is 7.51. The van der Waals surface area contributed by atoms with Crippen LogP contribution in [0.3, 0.4) is 0 Å². The average Bonchev–Trinajstić information content (AvgIpc) is 3.49. The maximum Gasteiger partial charge on any atom is 0.263 e. The number of aromatic nitrogens is 5. The third-order valence-electron chi connectivity index (χ3n) is 6.85. The van der Waals surface area contributed by atoms with E-state index in [1.165, 1.54) is 0 Å². The fourth-order valence-electron chi connectivity index (χ4n) is 4.98. The third kappa shape index (κ3) is 3.74. The Morgan fingerprint density at radius 2 is 1.80 bits per heavy atom. The minimum Gasteiger partial charge on any atom is -0.355 e. The summed E-state index contributed by atoms with van der Waals surface area (Å²) in [5.74, 6) is -0.196. The maximum absolute atomic E-state index is 13.5. The second-order valence-corrected chi connectivity index (χ2v) is 10.0. The molecule has 0 unspecified atom stereocenters. The highest BCUT2D eigenvalue weighted by molar-refractivity contribution is 6.40. The van der Waals surface area contributed by atoms with E-state index in [0.717, 1.165) is 48.4 Å². The molecule has 0 aliphatic carbocycles. The minimum atomic E-state index is -0.196. The first-order chi connectivity index (χ1) is 16.9. The lowest BCUT2D eigenvalue weighted by atomic mass is 10.1. The number of hydrogen-bond acceptors (Lipinski definition) is 6. The van der Waals surface area contributed by atoms with Gasteiger partial charge in [-0.25, -0.2) is 4.98 Å². The van der Waals surface area contributed by atoms with Gasteiger partial charge >= 0.3 is 0 Å². The highest BCUT2D eigenvalue weighted by Crippen LogP contribution is 2.40. The summed E-state index contributed by atoms with van der Waals surface area (Å²) in [6.45, 7) is 2.39. The van der Waals surface area contributed by atoms with Gasteiger partial charge in [0.2, 0.25) is 0 Å². The molecule has 3 aromatic heterocycles. The molecule has 0 atom stereocenters. The molecule has 1 aromatic carbocycles. The van der Waals surface area contributed by atoms with Crippen LogP contribution in [0.2, 0.25) is 10.0 Å². The van der Waals surface area contributed by atoms with E-state index in [0.29, 0.717) is 39.7 Å². The Morgan fingerprint density at radius 1 is 1.06 bits per heavy atom. The number of nitrogens with one attached hydrogen (secondary N) is 1. The summed E-state index contributed by atoms with van der Waals surface area (Å²) in [5.41, 5.74) is 4.06. The Hall–Kier alpha value is -3.14. The zero-order valence-electron chi connectivity index (χ0n) is 19.4. The fourth-order valence-corrected chi connectivity index (χ4v) is 5.58. The smallest absolute Gasteiger partial charge is 0.263 e. The molecule has 180 valence electrons. The molecule has 0 saturated carbocycles. The van der Waals surface area contributed by atoms with Crippen molar-refractivity contribution in [2.24, 2.45) is 0 Å². The molecule has 2 aliphatic heterocycles. The molecule has 0 radical (unpaired) electrons. The van der Waals surface area contributed by atoms with E-state index >= 15 is 0 Å². The molecule has 2 aliphatic rings. The van der Waals surface area contributed by atoms with Gasteiger partial charge in [-0.2, -0.15) is 15.0 Å². The van der Waals surface area contributed by atoms with E-state index in [1.54, 1.807) is 35.5 Å². The lowest BCUT2D eigenvalue weighted by molar-refractivity contribution is 0.0982. The van der Waals surface area contributed by atoms with Crippen LogP contribution in [0, 0.1) is 0 Å². The third-order valence-corrected chi connectivity index (χ3v) is 7.46. The predicted molar refractivity (Wildman–Crippen MR) is 137 cm³/mol. The van der Waals surface area contributed by atoms with Crippen LogP contribution in [0.5, 0.6) is 0 Å². The van der Waals surface area contributed by atoms with Crippen molar-refractivity contribution in [2.45, 2.75) is 18.9 Å². The second kappa shape index (κ2) is 8.51. The number of anilines is 2. The molecule has 9 nitrogen and oxygen atoms in total. The van der Waals surface area contributed by atoms with Crippen LogP contribution in [0.1, 0.15) is 29.2 Å². The molecule has 4 aromatic rings. The summed E-state index contributed by atoms with van der Waals surface area (Å²) in [4.78, 5) is 29.1. The summed E-state index contributed by atoms with van der Waals surface area (Å²) < 4.78 is 0. The molecule has 0 spiro atoms. The molecule has 0 bridgehead atoms. The summed E-state index contributed by atoms with van der Waals surface area (Å²) >= 11 is 12.8. The van der Waals surface area contributed by atoms with Crippen molar-refractivity contribution in [3.63, 3.8) is 0 Å². The van der Waals surface area contributed by atoms with Crippen LogP contribution in [0.25, 0.3) is 22.4 Å². The fraction of sp³-hybridized carbons (Fsp3) is 0.333. The van der Waals surface area contributed by atoms with Gasteiger partial charge in [-0.05, 0) is 51.2 Å². The number of benzene rings is 1. The molecule has 1 fully saturated rings. The van der Waals surface area contributed by atoms with Crippen molar-refractivity contribution in [3.05, 3.63) is 52.3 Å². The van der Waals surface area contributed by atoms with Gasteiger partial charge in [0.15, 0.2) is 0 Å². The summed E-state index contributed by atoms with van der Waals surface area (Å²) in [5, 5.41) is 11.0. The van der Waals surface area contributed by atoms with Crippen LogP contribution >= 0.6 is 23.2 Å². The van der Waals surface area contributed by atoms with Crippen molar-refractivity contribution < 1.29 is 4.79 Å². The number of pyridine rings is 1. The van der Waals surface area contributed by atoms with Crippen molar-refractivity contribution in [2.75, 3.05) is 43.7 Å². The Bertz CT molecular complexity index is 1420. The zero-order chi connectivity index (χ0) is 24.3. The Kier molecular flexibility index (Phi) is 5.43. The minimum absolute atomic E-state index is 0.196. The standard InChI is InChI=1S/C24H24Cl2N8O/c1-31-8-6-14(7-9-31)34-28-12-20(30-34)19-10-15-21-16(11-27-23(15)29-19)24(35)33(13-32(21)2)22-17(25)4-3-5-18(22)26/h3-5,10-12,14H,6-9,13H2,1-2H3,(H,27,29). The number of amides is 1. The van der Waals surface area contributed by atoms with Crippen molar-refractivity contribution in [1.29, 1.82) is 0 Å². The molecule has 5 heterocycles. The Morgan fingerprint density at radius 3 is 2.54 bits per heavy atom. The van der Waals surface area contributed by atoms with E-state index in [2.05, 4.69) is 27.0 Å². The van der Waals surface area contributed by atoms with Gasteiger partial charge in [-0.1, -0.05) is 29.3 Å². The highest BCUT2D eigenvalue weighted by Gasteiger charge is 2.33. The molecule has 6 rings (SSSR count). The zero-order valence-corrected chi connectivity index (χ0v) is 20.9. The average molecular weight is 511 g/mol. The number of aromatic amines is 1. The highest BCUT2D eigenvalue weighted by atomic mass is 35.5. The van der Waals surface area contributed by atoms with E-state index in [-0.39, 0.29) is 5.91 Å². The molecule has 11 heteroatoms. The van der Waals surface area contributed by atoms with Crippen LogP contribution in [0.15, 0.2) is 36.7 Å². The molecule has 1 amide bonds. The number of H-pyrrole nitrogens is 1. The maximum atomic E-state index is 13.5. The summed E-state index contributed by atoms with van der Waals surface area (Å²) in [6.07, 6.45) is 5.45. The van der Waals surface area contributed by atoms with E-state index in [4.69, 9.17) is 28.3 Å². The van der Waals surface area contributed by atoms with Crippen molar-refractivity contribution in [1.82, 2.24) is 29.9 Å². The van der Waals surface area contributed by atoms with Gasteiger partial charge in [0.05, 0.1) is 51.6 Å². The number of carbonyl (C=O) groups is 1. The second-order valence-electron chi connectivity index (χ2n) is 9.19. The number of hydrogen-bond donors (Lipinski definition) is 1. The monoisotopic (exact) mass is 510 g/mol. The van der Waals surface area contributed by atoms with Gasteiger partial charge in [-0.3, -0.25) is 9.69 Å². The lowest BCUT2D eigenvalue weighted by Gasteiger charge is -2.36. The van der Waals surface area contributed by atoms with Crippen molar-refractivity contribution in [3.8, 4) is 11.4 Å². The van der Waals surface area contributed by atoms with Gasteiger partial charge in [0, 0.05) is 18.6 Å². The van der Waals surface area contributed by atoms with Gasteiger partial charge in [-0.15, -0.1) is 0 Å². The Balaban J connectivity index is 1.36. The van der Waals surface area contributed by atoms with E-state index in [9.17, 15) is 4.79 Å². The number of carbonyl (C=O) groups excluding carboxylic acids is 1. The number of halogens is 2. The number of nitrogens with zero attached hydrogens (tertiary/aromatic N) is 7. The molecule has 35 heavy (non-hydrogen) atoms.